The van der Waals surface area contributed by atoms with Gasteiger partial charge in [-0.1, -0.05) is 6.92 Å². The van der Waals surface area contributed by atoms with Crippen molar-refractivity contribution in [2.75, 3.05) is 26.7 Å². The van der Waals surface area contributed by atoms with Crippen molar-refractivity contribution in [1.29, 1.82) is 0 Å². The molecule has 1 aromatic rings. The lowest BCUT2D eigenvalue weighted by Crippen LogP contribution is -2.50. The van der Waals surface area contributed by atoms with Crippen LogP contribution in [0.15, 0.2) is 18.2 Å². The molecule has 0 saturated carbocycles. The number of benzene rings is 1. The summed E-state index contributed by atoms with van der Waals surface area (Å²) in [6.07, 6.45) is 1.06. The van der Waals surface area contributed by atoms with E-state index in [9.17, 15) is 14.3 Å². The van der Waals surface area contributed by atoms with Crippen molar-refractivity contribution < 1.29 is 14.3 Å². The highest BCUT2D eigenvalue weighted by atomic mass is 19.1. The molecular formula is C15H21FN2O2. The molecule has 1 saturated heterocycles. The minimum absolute atomic E-state index is 0.193. The number of halogens is 1. The molecule has 2 rings (SSSR count). The largest absolute Gasteiger partial charge is 0.478 e. The van der Waals surface area contributed by atoms with Crippen molar-refractivity contribution in [2.45, 2.75) is 25.9 Å². The van der Waals surface area contributed by atoms with Gasteiger partial charge >= 0.3 is 5.97 Å². The number of hydrogen-bond acceptors (Lipinski definition) is 3. The molecule has 0 aromatic heterocycles. The summed E-state index contributed by atoms with van der Waals surface area (Å²) in [6.45, 7) is 5.36. The second-order valence-corrected chi connectivity index (χ2v) is 5.38. The van der Waals surface area contributed by atoms with Gasteiger partial charge in [0.05, 0.1) is 5.56 Å². The molecule has 1 aromatic carbocycles. The van der Waals surface area contributed by atoms with Crippen LogP contribution in [0.1, 0.15) is 29.3 Å². The van der Waals surface area contributed by atoms with Gasteiger partial charge in [0, 0.05) is 32.2 Å². The average molecular weight is 280 g/mol. The molecule has 0 radical (unpaired) electrons. The van der Waals surface area contributed by atoms with Crippen molar-refractivity contribution in [1.82, 2.24) is 9.80 Å². The predicted molar refractivity (Wildman–Crippen MR) is 75.3 cm³/mol. The molecule has 20 heavy (non-hydrogen) atoms. The lowest BCUT2D eigenvalue weighted by Gasteiger charge is -2.39. The van der Waals surface area contributed by atoms with Crippen LogP contribution in [0.5, 0.6) is 0 Å². The Labute approximate surface area is 118 Å². The van der Waals surface area contributed by atoms with Crippen molar-refractivity contribution in [3.05, 3.63) is 35.1 Å². The zero-order chi connectivity index (χ0) is 14.7. The fraction of sp³-hybridized carbons (Fsp3) is 0.533. The standard InChI is InChI=1S/C15H21FN2O2/c1-3-13-10-18(7-6-17(13)2)9-11-8-12(16)4-5-14(11)15(19)20/h4-5,8,13H,3,6-7,9-10H2,1-2H3,(H,19,20). The minimum Gasteiger partial charge on any atom is -0.478 e. The normalized spacial score (nSPS) is 21.1. The molecule has 1 aliphatic rings. The number of carboxylic acids is 1. The first-order valence-corrected chi connectivity index (χ1v) is 6.95. The molecule has 1 atom stereocenters. The SMILES string of the molecule is CCC1CN(Cc2cc(F)ccc2C(=O)O)CCN1C. The molecule has 1 heterocycles. The molecule has 0 bridgehead atoms. The Balaban J connectivity index is 2.13. The molecule has 4 nitrogen and oxygen atoms in total. The van der Waals surface area contributed by atoms with Crippen LogP contribution in [0.2, 0.25) is 0 Å². The van der Waals surface area contributed by atoms with E-state index >= 15 is 0 Å². The Morgan fingerprint density at radius 2 is 2.20 bits per heavy atom. The number of rotatable bonds is 4. The van der Waals surface area contributed by atoms with Crippen LogP contribution in [0.3, 0.4) is 0 Å². The van der Waals surface area contributed by atoms with Gasteiger partial charge in [0.2, 0.25) is 0 Å². The molecule has 1 fully saturated rings. The van der Waals surface area contributed by atoms with Crippen LogP contribution in [0, 0.1) is 5.82 Å². The van der Waals surface area contributed by atoms with Gasteiger partial charge in [-0.3, -0.25) is 4.90 Å². The lowest BCUT2D eigenvalue weighted by molar-refractivity contribution is 0.0688. The van der Waals surface area contributed by atoms with Gasteiger partial charge in [0.1, 0.15) is 5.82 Å². The average Bonchev–Trinajstić information content (AvgIpc) is 2.40. The Morgan fingerprint density at radius 3 is 2.85 bits per heavy atom. The summed E-state index contributed by atoms with van der Waals surface area (Å²) in [7, 11) is 2.11. The van der Waals surface area contributed by atoms with Crippen LogP contribution in [0.4, 0.5) is 4.39 Å². The van der Waals surface area contributed by atoms with E-state index in [4.69, 9.17) is 0 Å². The zero-order valence-corrected chi connectivity index (χ0v) is 12.0. The molecule has 0 amide bonds. The quantitative estimate of drug-likeness (QED) is 0.916. The van der Waals surface area contributed by atoms with Gasteiger partial charge in [-0.15, -0.1) is 0 Å². The Morgan fingerprint density at radius 1 is 1.45 bits per heavy atom. The highest BCUT2D eigenvalue weighted by molar-refractivity contribution is 5.89. The monoisotopic (exact) mass is 280 g/mol. The number of carbonyl (C=O) groups is 1. The van der Waals surface area contributed by atoms with Gasteiger partial charge in [0.25, 0.3) is 0 Å². The van der Waals surface area contributed by atoms with Crippen LogP contribution >= 0.6 is 0 Å². The number of carboxylic acid groups (broad SMARTS) is 1. The maximum Gasteiger partial charge on any atom is 0.336 e. The van der Waals surface area contributed by atoms with Crippen LogP contribution in [-0.4, -0.2) is 53.6 Å². The second kappa shape index (κ2) is 6.33. The summed E-state index contributed by atoms with van der Waals surface area (Å²) < 4.78 is 13.4. The van der Waals surface area contributed by atoms with Crippen molar-refractivity contribution >= 4 is 5.97 Å². The van der Waals surface area contributed by atoms with E-state index < -0.39 is 5.97 Å². The van der Waals surface area contributed by atoms with Gasteiger partial charge in [0.15, 0.2) is 0 Å². The second-order valence-electron chi connectivity index (χ2n) is 5.38. The fourth-order valence-corrected chi connectivity index (χ4v) is 2.74. The number of hydrogen-bond donors (Lipinski definition) is 1. The topological polar surface area (TPSA) is 43.8 Å². The van der Waals surface area contributed by atoms with E-state index in [1.165, 1.54) is 18.2 Å². The van der Waals surface area contributed by atoms with E-state index in [-0.39, 0.29) is 11.4 Å². The third-order valence-electron chi connectivity index (χ3n) is 4.02. The van der Waals surface area contributed by atoms with Crippen molar-refractivity contribution in [3.63, 3.8) is 0 Å². The number of nitrogens with zero attached hydrogens (tertiary/aromatic N) is 2. The molecule has 5 heteroatoms. The zero-order valence-electron chi connectivity index (χ0n) is 12.0. The summed E-state index contributed by atoms with van der Waals surface area (Å²) in [4.78, 5) is 15.7. The first-order chi connectivity index (χ1) is 9.51. The maximum atomic E-state index is 13.4. The third kappa shape index (κ3) is 3.35. The summed E-state index contributed by atoms with van der Waals surface area (Å²) >= 11 is 0. The Hall–Kier alpha value is -1.46. The molecule has 1 aliphatic heterocycles. The van der Waals surface area contributed by atoms with Crippen LogP contribution in [0.25, 0.3) is 0 Å². The van der Waals surface area contributed by atoms with Crippen LogP contribution < -0.4 is 0 Å². The summed E-state index contributed by atoms with van der Waals surface area (Å²) in [5, 5.41) is 9.18. The van der Waals surface area contributed by atoms with E-state index in [2.05, 4.69) is 23.8 Å². The van der Waals surface area contributed by atoms with Crippen molar-refractivity contribution in [2.24, 2.45) is 0 Å². The molecule has 0 spiro atoms. The van der Waals surface area contributed by atoms with E-state index in [1.54, 1.807) is 0 Å². The first kappa shape index (κ1) is 14.9. The Bertz CT molecular complexity index is 493. The lowest BCUT2D eigenvalue weighted by atomic mass is 10.0. The van der Waals surface area contributed by atoms with Gasteiger partial charge in [-0.25, -0.2) is 9.18 Å². The van der Waals surface area contributed by atoms with Crippen molar-refractivity contribution in [3.8, 4) is 0 Å². The maximum absolute atomic E-state index is 13.4. The molecule has 110 valence electrons. The fourth-order valence-electron chi connectivity index (χ4n) is 2.74. The van der Waals surface area contributed by atoms with Gasteiger partial charge in [-0.2, -0.15) is 0 Å². The van der Waals surface area contributed by atoms with E-state index in [0.29, 0.717) is 18.2 Å². The molecule has 1 N–H and O–H groups in total. The number of piperazine rings is 1. The van der Waals surface area contributed by atoms with E-state index in [1.807, 2.05) is 0 Å². The number of likely N-dealkylation sites (N-methyl/N-ethyl adjacent to an activating group) is 1. The summed E-state index contributed by atoms with van der Waals surface area (Å²) in [6, 6.07) is 4.36. The summed E-state index contributed by atoms with van der Waals surface area (Å²) in [5.41, 5.74) is 0.746. The molecule has 1 unspecified atom stereocenters. The summed E-state index contributed by atoms with van der Waals surface area (Å²) in [5.74, 6) is -1.38. The smallest absolute Gasteiger partial charge is 0.336 e. The van der Waals surface area contributed by atoms with Gasteiger partial charge < -0.3 is 10.0 Å². The van der Waals surface area contributed by atoms with Gasteiger partial charge in [-0.05, 0) is 37.2 Å². The number of aromatic carboxylic acids is 1. The highest BCUT2D eigenvalue weighted by Gasteiger charge is 2.24. The first-order valence-electron chi connectivity index (χ1n) is 6.95. The van der Waals surface area contributed by atoms with E-state index in [0.717, 1.165) is 26.1 Å². The minimum atomic E-state index is -0.999. The predicted octanol–water partition coefficient (Wildman–Crippen LogP) is 2.05. The van der Waals surface area contributed by atoms with Crippen LogP contribution in [-0.2, 0) is 6.54 Å². The highest BCUT2D eigenvalue weighted by Crippen LogP contribution is 2.18. The molecule has 0 aliphatic carbocycles. The molecular weight excluding hydrogens is 259 g/mol. The third-order valence-corrected chi connectivity index (χ3v) is 4.02. The Kier molecular flexibility index (Phi) is 4.73.